The van der Waals surface area contributed by atoms with E-state index in [0.717, 1.165) is 5.56 Å². The largest absolute Gasteiger partial charge is 0.506 e. The van der Waals surface area contributed by atoms with Gasteiger partial charge in [0.05, 0.1) is 12.6 Å². The van der Waals surface area contributed by atoms with Crippen molar-refractivity contribution in [2.75, 3.05) is 11.9 Å². The molecule has 2 rings (SSSR count). The van der Waals surface area contributed by atoms with Crippen LogP contribution in [0.25, 0.3) is 0 Å². The summed E-state index contributed by atoms with van der Waals surface area (Å²) in [6.45, 7) is 0. The van der Waals surface area contributed by atoms with Gasteiger partial charge in [-0.2, -0.15) is 0 Å². The van der Waals surface area contributed by atoms with Gasteiger partial charge in [0.1, 0.15) is 11.6 Å². The van der Waals surface area contributed by atoms with E-state index in [9.17, 15) is 4.79 Å². The van der Waals surface area contributed by atoms with Gasteiger partial charge in [-0.05, 0) is 6.07 Å². The highest BCUT2D eigenvalue weighted by Gasteiger charge is 2.25. The van der Waals surface area contributed by atoms with Crippen LogP contribution >= 0.6 is 0 Å². The smallest absolute Gasteiger partial charge is 0.232 e. The molecular weight excluding hydrogens is 156 g/mol. The number of carbonyl (C=O) groups excluding carboxylic acids is 1. The molecule has 0 saturated heterocycles. The summed E-state index contributed by atoms with van der Waals surface area (Å²) < 4.78 is 0. The molecule has 1 amide bonds. The van der Waals surface area contributed by atoms with Gasteiger partial charge in [-0.15, -0.1) is 0 Å². The van der Waals surface area contributed by atoms with E-state index in [4.69, 9.17) is 5.11 Å². The number of hydrogen-bond acceptors (Lipinski definition) is 3. The number of carbonyl (C=O) groups is 1. The Hall–Kier alpha value is -1.58. The van der Waals surface area contributed by atoms with Crippen LogP contribution in [-0.2, 0) is 11.2 Å². The van der Waals surface area contributed by atoms with Crippen LogP contribution in [0, 0.1) is 0 Å². The van der Waals surface area contributed by atoms with Crippen molar-refractivity contribution in [2.45, 2.75) is 6.42 Å². The summed E-state index contributed by atoms with van der Waals surface area (Å²) in [5.41, 5.74) is 0.794. The van der Waals surface area contributed by atoms with Crippen LogP contribution in [0.5, 0.6) is 5.75 Å². The van der Waals surface area contributed by atoms with Crippen LogP contribution in [0.1, 0.15) is 5.56 Å². The third-order valence-electron chi connectivity index (χ3n) is 1.96. The molecule has 2 heterocycles. The normalized spacial score (nSPS) is 15.1. The first kappa shape index (κ1) is 7.09. The zero-order valence-corrected chi connectivity index (χ0v) is 6.61. The molecule has 62 valence electrons. The topological polar surface area (TPSA) is 53.4 Å². The van der Waals surface area contributed by atoms with Crippen molar-refractivity contribution < 1.29 is 9.90 Å². The van der Waals surface area contributed by atoms with Gasteiger partial charge < -0.3 is 5.11 Å². The van der Waals surface area contributed by atoms with Crippen molar-refractivity contribution in [1.82, 2.24) is 4.98 Å². The molecule has 0 spiro atoms. The van der Waals surface area contributed by atoms with Crippen LogP contribution in [0.3, 0.4) is 0 Å². The fourth-order valence-corrected chi connectivity index (χ4v) is 1.32. The molecule has 4 heteroatoms. The predicted octanol–water partition coefficient (Wildman–Crippen LogP) is 0.306. The number of aromatic nitrogens is 1. The maximum atomic E-state index is 11.1. The minimum absolute atomic E-state index is 0.0168. The number of rotatable bonds is 0. The molecule has 0 aromatic carbocycles. The molecule has 0 unspecified atom stereocenters. The number of anilines is 1. The van der Waals surface area contributed by atoms with Crippen molar-refractivity contribution >= 4 is 11.7 Å². The van der Waals surface area contributed by atoms with E-state index in [0.29, 0.717) is 12.2 Å². The van der Waals surface area contributed by atoms with E-state index >= 15 is 0 Å². The summed E-state index contributed by atoms with van der Waals surface area (Å²) >= 11 is 0. The highest BCUT2D eigenvalue weighted by atomic mass is 16.3. The van der Waals surface area contributed by atoms with Gasteiger partial charge in [0, 0.05) is 12.6 Å². The number of amides is 1. The molecular formula is C8H8N2O2. The zero-order chi connectivity index (χ0) is 8.72. The average Bonchev–Trinajstić information content (AvgIpc) is 2.28. The van der Waals surface area contributed by atoms with Crippen molar-refractivity contribution in [1.29, 1.82) is 0 Å². The van der Waals surface area contributed by atoms with Crippen LogP contribution in [0.4, 0.5) is 5.82 Å². The first-order valence-electron chi connectivity index (χ1n) is 3.63. The average molecular weight is 164 g/mol. The van der Waals surface area contributed by atoms with Gasteiger partial charge in [-0.3, -0.25) is 9.69 Å². The first-order valence-corrected chi connectivity index (χ1v) is 3.63. The Kier molecular flexibility index (Phi) is 1.30. The SMILES string of the molecule is CN1C(=O)Cc2cc(O)cnc21. The number of pyridine rings is 1. The molecule has 1 aromatic heterocycles. The van der Waals surface area contributed by atoms with Crippen LogP contribution in [0.2, 0.25) is 0 Å². The fraction of sp³-hybridized carbons (Fsp3) is 0.250. The second kappa shape index (κ2) is 2.20. The van der Waals surface area contributed by atoms with Crippen molar-refractivity contribution in [3.05, 3.63) is 17.8 Å². The predicted molar refractivity (Wildman–Crippen MR) is 43.0 cm³/mol. The Bertz CT molecular complexity index is 349. The number of hydrogen-bond donors (Lipinski definition) is 1. The third kappa shape index (κ3) is 0.845. The summed E-state index contributed by atoms with van der Waals surface area (Å²) in [4.78, 5) is 16.6. The summed E-state index contributed by atoms with van der Waals surface area (Å²) in [7, 11) is 1.68. The van der Waals surface area contributed by atoms with Gasteiger partial charge in [0.2, 0.25) is 5.91 Å². The molecule has 4 nitrogen and oxygen atoms in total. The molecule has 0 radical (unpaired) electrons. The number of nitrogens with zero attached hydrogens (tertiary/aromatic N) is 2. The number of likely N-dealkylation sites (N-methyl/N-ethyl adjacent to an activating group) is 1. The zero-order valence-electron chi connectivity index (χ0n) is 6.61. The summed E-state index contributed by atoms with van der Waals surface area (Å²) in [6.07, 6.45) is 1.68. The second-order valence-corrected chi connectivity index (χ2v) is 2.81. The highest BCUT2D eigenvalue weighted by molar-refractivity contribution is 5.99. The third-order valence-corrected chi connectivity index (χ3v) is 1.96. The summed E-state index contributed by atoms with van der Waals surface area (Å²) in [6, 6.07) is 1.57. The monoisotopic (exact) mass is 164 g/mol. The van der Waals surface area contributed by atoms with Gasteiger partial charge in [-0.1, -0.05) is 0 Å². The van der Waals surface area contributed by atoms with E-state index in [2.05, 4.69) is 4.98 Å². The summed E-state index contributed by atoms with van der Waals surface area (Å²) in [5, 5.41) is 9.08. The molecule has 1 aromatic rings. The van der Waals surface area contributed by atoms with E-state index in [1.807, 2.05) is 0 Å². The van der Waals surface area contributed by atoms with E-state index in [1.54, 1.807) is 13.1 Å². The van der Waals surface area contributed by atoms with E-state index in [1.165, 1.54) is 11.1 Å². The standard InChI is InChI=1S/C8H8N2O2/c1-10-7(12)3-5-2-6(11)4-9-8(5)10/h2,4,11H,3H2,1H3. The Morgan fingerprint density at radius 1 is 1.67 bits per heavy atom. The van der Waals surface area contributed by atoms with Crippen molar-refractivity contribution in [2.24, 2.45) is 0 Å². The van der Waals surface area contributed by atoms with Crippen LogP contribution < -0.4 is 4.90 Å². The minimum atomic E-state index is 0.0168. The van der Waals surface area contributed by atoms with Crippen LogP contribution in [0.15, 0.2) is 12.3 Å². The molecule has 12 heavy (non-hydrogen) atoms. The Balaban J connectivity index is 2.54. The van der Waals surface area contributed by atoms with Crippen molar-refractivity contribution in [3.63, 3.8) is 0 Å². The van der Waals surface area contributed by atoms with Crippen LogP contribution in [-0.4, -0.2) is 23.0 Å². The lowest BCUT2D eigenvalue weighted by atomic mass is 10.2. The molecule has 0 aliphatic carbocycles. The first-order chi connectivity index (χ1) is 5.68. The second-order valence-electron chi connectivity index (χ2n) is 2.81. The lowest BCUT2D eigenvalue weighted by Gasteiger charge is -2.07. The molecule has 1 N–H and O–H groups in total. The molecule has 0 atom stereocenters. The quantitative estimate of drug-likeness (QED) is 0.600. The molecule has 1 aliphatic heterocycles. The fourth-order valence-electron chi connectivity index (χ4n) is 1.32. The number of aromatic hydroxyl groups is 1. The molecule has 0 bridgehead atoms. The van der Waals surface area contributed by atoms with Gasteiger partial charge >= 0.3 is 0 Å². The van der Waals surface area contributed by atoms with E-state index < -0.39 is 0 Å². The van der Waals surface area contributed by atoms with Gasteiger partial charge in [0.25, 0.3) is 0 Å². The maximum Gasteiger partial charge on any atom is 0.232 e. The Morgan fingerprint density at radius 3 is 3.17 bits per heavy atom. The van der Waals surface area contributed by atoms with E-state index in [-0.39, 0.29) is 11.7 Å². The minimum Gasteiger partial charge on any atom is -0.506 e. The lowest BCUT2D eigenvalue weighted by Crippen LogP contribution is -2.21. The van der Waals surface area contributed by atoms with Gasteiger partial charge in [-0.25, -0.2) is 4.98 Å². The highest BCUT2D eigenvalue weighted by Crippen LogP contribution is 2.27. The lowest BCUT2D eigenvalue weighted by molar-refractivity contribution is -0.117. The molecule has 0 fully saturated rings. The Morgan fingerprint density at radius 2 is 2.42 bits per heavy atom. The van der Waals surface area contributed by atoms with Gasteiger partial charge in [0.15, 0.2) is 0 Å². The summed E-state index contributed by atoms with van der Waals surface area (Å²) in [5.74, 6) is 0.776. The Labute approximate surface area is 69.5 Å². The maximum absolute atomic E-state index is 11.1. The van der Waals surface area contributed by atoms with Crippen molar-refractivity contribution in [3.8, 4) is 5.75 Å². The molecule has 0 saturated carbocycles. The number of fused-ring (bicyclic) bond motifs is 1. The molecule has 1 aliphatic rings.